The number of nitriles is 1. The molecule has 0 heterocycles. The van der Waals surface area contributed by atoms with Gasteiger partial charge >= 0.3 is 0 Å². The van der Waals surface area contributed by atoms with Gasteiger partial charge in [0.15, 0.2) is 0 Å². The van der Waals surface area contributed by atoms with Gasteiger partial charge in [-0.05, 0) is 24.6 Å². The van der Waals surface area contributed by atoms with Gasteiger partial charge in [-0.3, -0.25) is 0 Å². The van der Waals surface area contributed by atoms with Crippen molar-refractivity contribution in [1.29, 1.82) is 5.26 Å². The Labute approximate surface area is 82.9 Å². The average Bonchev–Trinajstić information content (AvgIpc) is 2.15. The third-order valence-corrected chi connectivity index (χ3v) is 1.56. The molecular weight excluding hydrogens is 178 g/mol. The fraction of sp³-hybridized carbons (Fsp3) is 0.182. The Kier molecular flexibility index (Phi) is 3.14. The predicted molar refractivity (Wildman–Crippen MR) is 53.1 cm³/mol. The molecule has 0 unspecified atom stereocenters. The van der Waals surface area contributed by atoms with Gasteiger partial charge in [-0.1, -0.05) is 6.58 Å². The molecule has 1 aromatic rings. The maximum atomic E-state index is 9.19. The number of benzene rings is 1. The smallest absolute Gasteiger partial charge is 0.141 e. The van der Waals surface area contributed by atoms with Crippen LogP contribution < -0.4 is 4.74 Å². The number of phenols is 1. The molecule has 0 aromatic heterocycles. The summed E-state index contributed by atoms with van der Waals surface area (Å²) in [5.41, 5.74) is 1.27. The summed E-state index contributed by atoms with van der Waals surface area (Å²) in [5.74, 6) is 0.469. The van der Waals surface area contributed by atoms with Crippen LogP contribution in [0.3, 0.4) is 0 Å². The van der Waals surface area contributed by atoms with E-state index in [2.05, 4.69) is 6.58 Å². The Morgan fingerprint density at radius 1 is 1.64 bits per heavy atom. The highest BCUT2D eigenvalue weighted by Gasteiger charge is 2.03. The van der Waals surface area contributed by atoms with E-state index in [-0.39, 0.29) is 5.75 Å². The lowest BCUT2D eigenvalue weighted by Gasteiger charge is -2.07. The maximum absolute atomic E-state index is 9.19. The molecule has 0 bridgehead atoms. The molecule has 3 heteroatoms. The van der Waals surface area contributed by atoms with Crippen molar-refractivity contribution in [1.82, 2.24) is 0 Å². The molecule has 0 aliphatic heterocycles. The van der Waals surface area contributed by atoms with E-state index in [1.807, 2.05) is 13.0 Å². The predicted octanol–water partition coefficient (Wildman–Crippen LogP) is 2.22. The van der Waals surface area contributed by atoms with E-state index < -0.39 is 0 Å². The minimum atomic E-state index is 0.0840. The zero-order valence-electron chi connectivity index (χ0n) is 7.95. The number of rotatable bonds is 3. The second-order valence-electron chi connectivity index (χ2n) is 3.04. The zero-order valence-corrected chi connectivity index (χ0v) is 7.95. The Balaban J connectivity index is 2.89. The van der Waals surface area contributed by atoms with Crippen molar-refractivity contribution in [3.63, 3.8) is 0 Å². The van der Waals surface area contributed by atoms with E-state index in [0.29, 0.717) is 17.9 Å². The topological polar surface area (TPSA) is 53.2 Å². The Morgan fingerprint density at radius 2 is 2.36 bits per heavy atom. The van der Waals surface area contributed by atoms with Gasteiger partial charge in [0.25, 0.3) is 0 Å². The van der Waals surface area contributed by atoms with Crippen LogP contribution in [0, 0.1) is 11.3 Å². The van der Waals surface area contributed by atoms with Crippen molar-refractivity contribution in [2.24, 2.45) is 0 Å². The third kappa shape index (κ3) is 2.53. The third-order valence-electron chi connectivity index (χ3n) is 1.56. The molecule has 14 heavy (non-hydrogen) atoms. The molecule has 1 aromatic carbocycles. The summed E-state index contributed by atoms with van der Waals surface area (Å²) in [7, 11) is 0. The highest BCUT2D eigenvalue weighted by Crippen LogP contribution is 2.23. The number of phenolic OH excluding ortho intramolecular Hbond substituents is 1. The van der Waals surface area contributed by atoms with Crippen LogP contribution in [0.4, 0.5) is 0 Å². The molecule has 1 N–H and O–H groups in total. The monoisotopic (exact) mass is 189 g/mol. The van der Waals surface area contributed by atoms with Gasteiger partial charge in [0.2, 0.25) is 0 Å². The summed E-state index contributed by atoms with van der Waals surface area (Å²) < 4.78 is 5.29. The molecule has 0 aliphatic rings. The molecule has 0 radical (unpaired) electrons. The first-order chi connectivity index (χ1) is 6.63. The molecule has 0 atom stereocenters. The van der Waals surface area contributed by atoms with Crippen LogP contribution in [-0.2, 0) is 0 Å². The fourth-order valence-electron chi connectivity index (χ4n) is 0.924. The molecule has 0 saturated carbocycles. The van der Waals surface area contributed by atoms with Gasteiger partial charge in [0.05, 0.1) is 5.56 Å². The molecule has 3 nitrogen and oxygen atoms in total. The summed E-state index contributed by atoms with van der Waals surface area (Å²) in [5, 5.41) is 17.9. The first-order valence-electron chi connectivity index (χ1n) is 4.14. The van der Waals surface area contributed by atoms with E-state index in [0.717, 1.165) is 5.57 Å². The minimum absolute atomic E-state index is 0.0840. The number of ether oxygens (including phenoxy) is 1. The molecule has 0 saturated heterocycles. The van der Waals surface area contributed by atoms with Crippen molar-refractivity contribution in [3.8, 4) is 17.6 Å². The Hall–Kier alpha value is -1.95. The summed E-state index contributed by atoms with van der Waals surface area (Å²) >= 11 is 0. The maximum Gasteiger partial charge on any atom is 0.141 e. The number of hydrogen-bond donors (Lipinski definition) is 1. The van der Waals surface area contributed by atoms with Crippen molar-refractivity contribution in [2.75, 3.05) is 6.61 Å². The molecule has 1 rings (SSSR count). The van der Waals surface area contributed by atoms with E-state index >= 15 is 0 Å². The second-order valence-corrected chi connectivity index (χ2v) is 3.04. The van der Waals surface area contributed by atoms with Gasteiger partial charge in [-0.25, -0.2) is 0 Å². The van der Waals surface area contributed by atoms with E-state index in [1.54, 1.807) is 0 Å². The summed E-state index contributed by atoms with van der Waals surface area (Å²) in [6, 6.07) is 6.37. The standard InChI is InChI=1S/C11H11NO2/c1-8(2)7-14-11-5-10(13)4-3-9(11)6-12/h3-5,13H,1,7H2,2H3. The quantitative estimate of drug-likeness (QED) is 0.742. The van der Waals surface area contributed by atoms with Crippen LogP contribution in [0.1, 0.15) is 12.5 Å². The largest absolute Gasteiger partial charge is 0.508 e. The van der Waals surface area contributed by atoms with Crippen molar-refractivity contribution < 1.29 is 9.84 Å². The van der Waals surface area contributed by atoms with Crippen LogP contribution in [0.5, 0.6) is 11.5 Å². The molecule has 0 aliphatic carbocycles. The average molecular weight is 189 g/mol. The zero-order chi connectivity index (χ0) is 10.6. The lowest BCUT2D eigenvalue weighted by molar-refractivity contribution is 0.348. The molecule has 0 spiro atoms. The van der Waals surface area contributed by atoms with Crippen LogP contribution >= 0.6 is 0 Å². The highest BCUT2D eigenvalue weighted by atomic mass is 16.5. The molecule has 0 fully saturated rings. The fourth-order valence-corrected chi connectivity index (χ4v) is 0.924. The van der Waals surface area contributed by atoms with E-state index in [1.165, 1.54) is 18.2 Å². The number of nitrogens with zero attached hydrogens (tertiary/aromatic N) is 1. The summed E-state index contributed by atoms with van der Waals surface area (Å²) in [6.07, 6.45) is 0. The molecule has 0 amide bonds. The van der Waals surface area contributed by atoms with Crippen molar-refractivity contribution in [2.45, 2.75) is 6.92 Å². The normalized spacial score (nSPS) is 9.14. The lowest BCUT2D eigenvalue weighted by atomic mass is 10.2. The van der Waals surface area contributed by atoms with Crippen molar-refractivity contribution in [3.05, 3.63) is 35.9 Å². The lowest BCUT2D eigenvalue weighted by Crippen LogP contribution is -1.99. The molecule has 72 valence electrons. The Morgan fingerprint density at radius 3 is 2.93 bits per heavy atom. The molecular formula is C11H11NO2. The van der Waals surface area contributed by atoms with Crippen LogP contribution in [0.15, 0.2) is 30.4 Å². The Bertz CT molecular complexity index is 391. The highest BCUT2D eigenvalue weighted by molar-refractivity contribution is 5.47. The first kappa shape index (κ1) is 10.1. The summed E-state index contributed by atoms with van der Waals surface area (Å²) in [4.78, 5) is 0. The SMILES string of the molecule is C=C(C)COc1cc(O)ccc1C#N. The van der Waals surface area contributed by atoms with E-state index in [9.17, 15) is 5.11 Å². The van der Waals surface area contributed by atoms with Crippen LogP contribution in [0.25, 0.3) is 0 Å². The van der Waals surface area contributed by atoms with Gasteiger partial charge in [0.1, 0.15) is 24.2 Å². The summed E-state index contributed by atoms with van der Waals surface area (Å²) in [6.45, 7) is 5.85. The minimum Gasteiger partial charge on any atom is -0.508 e. The first-order valence-corrected chi connectivity index (χ1v) is 4.14. The van der Waals surface area contributed by atoms with Gasteiger partial charge in [-0.2, -0.15) is 5.26 Å². The number of aromatic hydroxyl groups is 1. The van der Waals surface area contributed by atoms with Gasteiger partial charge in [-0.15, -0.1) is 0 Å². The number of hydrogen-bond acceptors (Lipinski definition) is 3. The van der Waals surface area contributed by atoms with E-state index in [4.69, 9.17) is 10.00 Å². The second kappa shape index (κ2) is 4.33. The van der Waals surface area contributed by atoms with Crippen molar-refractivity contribution >= 4 is 0 Å². The van der Waals surface area contributed by atoms with Gasteiger partial charge in [0, 0.05) is 6.07 Å². The van der Waals surface area contributed by atoms with Crippen LogP contribution in [-0.4, -0.2) is 11.7 Å². The van der Waals surface area contributed by atoms with Gasteiger partial charge < -0.3 is 9.84 Å². The van der Waals surface area contributed by atoms with Crippen LogP contribution in [0.2, 0.25) is 0 Å².